The Morgan fingerprint density at radius 1 is 1.32 bits per heavy atom. The number of rotatable bonds is 6. The van der Waals surface area contributed by atoms with Crippen LogP contribution in [0.3, 0.4) is 0 Å². The minimum atomic E-state index is -1.11. The highest BCUT2D eigenvalue weighted by Gasteiger charge is 2.44. The first-order valence-electron chi connectivity index (χ1n) is 6.10. The van der Waals surface area contributed by atoms with Crippen molar-refractivity contribution in [3.63, 3.8) is 0 Å². The van der Waals surface area contributed by atoms with Crippen LogP contribution in [0.5, 0.6) is 0 Å². The van der Waals surface area contributed by atoms with E-state index in [1.165, 1.54) is 0 Å². The van der Waals surface area contributed by atoms with Crippen LogP contribution in [0.4, 0.5) is 0 Å². The van der Waals surface area contributed by atoms with E-state index in [-0.39, 0.29) is 26.4 Å². The van der Waals surface area contributed by atoms with E-state index >= 15 is 0 Å². The number of nitrogens with zero attached hydrogens (tertiary/aromatic N) is 3. The highest BCUT2D eigenvalue weighted by Crippen LogP contribution is 2.27. The summed E-state index contributed by atoms with van der Waals surface area (Å²) in [6.45, 7) is 3.96. The van der Waals surface area contributed by atoms with E-state index in [2.05, 4.69) is 10.0 Å². The third kappa shape index (κ3) is 3.84. The molecule has 0 aromatic heterocycles. The van der Waals surface area contributed by atoms with Gasteiger partial charge in [-0.25, -0.2) is 0 Å². The zero-order valence-corrected chi connectivity index (χ0v) is 10.9. The molecule has 0 amide bonds. The van der Waals surface area contributed by atoms with Gasteiger partial charge in [0.1, 0.15) is 0 Å². The Labute approximate surface area is 110 Å². The number of azide groups is 1. The average molecular weight is 271 g/mol. The molecule has 1 saturated heterocycles. The molecule has 0 aliphatic carbocycles. The quantitative estimate of drug-likeness (QED) is 0.236. The summed E-state index contributed by atoms with van der Waals surface area (Å²) in [6.07, 6.45) is 0. The second-order valence-electron chi connectivity index (χ2n) is 3.96. The van der Waals surface area contributed by atoms with E-state index in [1.54, 1.807) is 13.8 Å². The summed E-state index contributed by atoms with van der Waals surface area (Å²) >= 11 is 0. The lowest BCUT2D eigenvalue weighted by atomic mass is 9.88. The van der Waals surface area contributed by atoms with Gasteiger partial charge in [0.15, 0.2) is 5.92 Å². The molecule has 1 aliphatic rings. The molecule has 0 unspecified atom stereocenters. The molecule has 0 aromatic rings. The van der Waals surface area contributed by atoms with Gasteiger partial charge in [-0.2, -0.15) is 0 Å². The van der Waals surface area contributed by atoms with Crippen molar-refractivity contribution in [2.45, 2.75) is 19.9 Å². The summed E-state index contributed by atoms with van der Waals surface area (Å²) in [6, 6.07) is -0.566. The van der Waals surface area contributed by atoms with Crippen LogP contribution in [0.1, 0.15) is 13.8 Å². The van der Waals surface area contributed by atoms with Crippen LogP contribution in [-0.4, -0.2) is 44.4 Å². The van der Waals surface area contributed by atoms with Crippen molar-refractivity contribution in [2.75, 3.05) is 26.4 Å². The first-order valence-corrected chi connectivity index (χ1v) is 6.10. The molecule has 1 fully saturated rings. The number of hydrogen-bond acceptors (Lipinski definition) is 6. The summed E-state index contributed by atoms with van der Waals surface area (Å²) in [5, 5.41) is 3.55. The van der Waals surface area contributed by atoms with Gasteiger partial charge in [-0.05, 0) is 19.4 Å². The molecule has 8 nitrogen and oxygen atoms in total. The monoisotopic (exact) mass is 271 g/mol. The average Bonchev–Trinajstić information content (AvgIpc) is 2.79. The molecule has 1 rings (SSSR count). The van der Waals surface area contributed by atoms with Crippen LogP contribution in [-0.2, 0) is 23.8 Å². The van der Waals surface area contributed by atoms with E-state index in [0.717, 1.165) is 0 Å². The summed E-state index contributed by atoms with van der Waals surface area (Å²) in [4.78, 5) is 26.5. The molecule has 0 radical (unpaired) electrons. The number of esters is 2. The Bertz CT molecular complexity index is 363. The van der Waals surface area contributed by atoms with Crippen LogP contribution in [0.15, 0.2) is 5.11 Å². The lowest BCUT2D eigenvalue weighted by Gasteiger charge is -2.21. The fraction of sp³-hybridized carbons (Fsp3) is 0.818. The Kier molecular flexibility index (Phi) is 6.11. The summed E-state index contributed by atoms with van der Waals surface area (Å²) in [7, 11) is 0. The number of carbonyl (C=O) groups is 2. The minimum absolute atomic E-state index is 0.159. The van der Waals surface area contributed by atoms with E-state index < -0.39 is 29.8 Å². The smallest absolute Gasteiger partial charge is 0.320 e. The Hall–Kier alpha value is -1.79. The first kappa shape index (κ1) is 15.3. The van der Waals surface area contributed by atoms with Crippen LogP contribution >= 0.6 is 0 Å². The molecule has 0 bridgehead atoms. The van der Waals surface area contributed by atoms with Gasteiger partial charge in [0.25, 0.3) is 0 Å². The lowest BCUT2D eigenvalue weighted by Crippen LogP contribution is -2.39. The Balaban J connectivity index is 2.91. The lowest BCUT2D eigenvalue weighted by molar-refractivity contribution is -0.164. The van der Waals surface area contributed by atoms with Crippen LogP contribution in [0.2, 0.25) is 0 Å². The van der Waals surface area contributed by atoms with Crippen molar-refractivity contribution < 1.29 is 23.8 Å². The molecular weight excluding hydrogens is 254 g/mol. The molecule has 2 atom stereocenters. The second-order valence-corrected chi connectivity index (χ2v) is 3.96. The normalized spacial score (nSPS) is 21.8. The van der Waals surface area contributed by atoms with Gasteiger partial charge in [-0.3, -0.25) is 9.59 Å². The standard InChI is InChI=1S/C11H17N3O5/c1-3-18-10(15)9(11(16)19-4-2)7-5-17-6-8(7)13-14-12/h7-9H,3-6H2,1-2H3/t7-,8+/m0/s1. The van der Waals surface area contributed by atoms with Gasteiger partial charge in [0.2, 0.25) is 0 Å². The molecule has 0 N–H and O–H groups in total. The first-order chi connectivity index (χ1) is 9.15. The molecule has 106 valence electrons. The van der Waals surface area contributed by atoms with Gasteiger partial charge >= 0.3 is 11.9 Å². The van der Waals surface area contributed by atoms with E-state index in [4.69, 9.17) is 19.7 Å². The van der Waals surface area contributed by atoms with Crippen molar-refractivity contribution in [1.29, 1.82) is 0 Å². The van der Waals surface area contributed by atoms with Crippen molar-refractivity contribution in [1.82, 2.24) is 0 Å². The van der Waals surface area contributed by atoms with Crippen molar-refractivity contribution in [2.24, 2.45) is 17.0 Å². The van der Waals surface area contributed by atoms with Crippen LogP contribution in [0.25, 0.3) is 10.4 Å². The van der Waals surface area contributed by atoms with Gasteiger partial charge in [-0.1, -0.05) is 5.11 Å². The summed E-state index contributed by atoms with van der Waals surface area (Å²) in [5.41, 5.74) is 8.48. The van der Waals surface area contributed by atoms with Gasteiger partial charge in [0.05, 0.1) is 32.5 Å². The van der Waals surface area contributed by atoms with Crippen molar-refractivity contribution in [3.8, 4) is 0 Å². The largest absolute Gasteiger partial charge is 0.465 e. The van der Waals surface area contributed by atoms with Gasteiger partial charge in [0, 0.05) is 10.8 Å². The summed E-state index contributed by atoms with van der Waals surface area (Å²) < 4.78 is 14.9. The SMILES string of the molecule is CCOC(=O)C(C(=O)OCC)[C@H]1COC[C@H]1N=[N+]=[N-]. The highest BCUT2D eigenvalue weighted by molar-refractivity contribution is 5.95. The Morgan fingerprint density at radius 2 is 1.89 bits per heavy atom. The van der Waals surface area contributed by atoms with E-state index in [9.17, 15) is 9.59 Å². The predicted octanol–water partition coefficient (Wildman–Crippen LogP) is 1.05. The number of carbonyl (C=O) groups excluding carboxylic acids is 2. The maximum atomic E-state index is 11.9. The third-order valence-electron chi connectivity index (χ3n) is 2.80. The van der Waals surface area contributed by atoms with E-state index in [1.807, 2.05) is 0 Å². The third-order valence-corrected chi connectivity index (χ3v) is 2.80. The van der Waals surface area contributed by atoms with Crippen molar-refractivity contribution in [3.05, 3.63) is 10.4 Å². The highest BCUT2D eigenvalue weighted by atomic mass is 16.6. The fourth-order valence-electron chi connectivity index (χ4n) is 1.97. The maximum absolute atomic E-state index is 11.9. The molecular formula is C11H17N3O5. The van der Waals surface area contributed by atoms with E-state index in [0.29, 0.717) is 0 Å². The Morgan fingerprint density at radius 3 is 2.37 bits per heavy atom. The topological polar surface area (TPSA) is 111 Å². The zero-order valence-electron chi connectivity index (χ0n) is 10.9. The molecule has 0 spiro atoms. The molecule has 8 heteroatoms. The number of ether oxygens (including phenoxy) is 3. The molecule has 0 aromatic carbocycles. The second kappa shape index (κ2) is 7.60. The van der Waals surface area contributed by atoms with Gasteiger partial charge < -0.3 is 14.2 Å². The maximum Gasteiger partial charge on any atom is 0.320 e. The summed E-state index contributed by atoms with van der Waals surface area (Å²) in [5.74, 6) is -3.00. The number of hydrogen-bond donors (Lipinski definition) is 0. The predicted molar refractivity (Wildman–Crippen MR) is 64.0 cm³/mol. The van der Waals surface area contributed by atoms with Crippen molar-refractivity contribution >= 4 is 11.9 Å². The fourth-order valence-corrected chi connectivity index (χ4v) is 1.97. The molecule has 1 heterocycles. The molecule has 19 heavy (non-hydrogen) atoms. The minimum Gasteiger partial charge on any atom is -0.465 e. The van der Waals surface area contributed by atoms with Gasteiger partial charge in [-0.15, -0.1) is 0 Å². The van der Waals surface area contributed by atoms with Crippen LogP contribution < -0.4 is 0 Å². The zero-order chi connectivity index (χ0) is 14.3. The van der Waals surface area contributed by atoms with Crippen LogP contribution in [0, 0.1) is 11.8 Å². The molecule has 0 saturated carbocycles. The molecule has 1 aliphatic heterocycles.